The maximum absolute atomic E-state index is 9.78. The van der Waals surface area contributed by atoms with Crippen LogP contribution in [0.1, 0.15) is 43.9 Å². The molecule has 14 heavy (non-hydrogen) atoms. The summed E-state index contributed by atoms with van der Waals surface area (Å²) in [4.78, 5) is 0. The van der Waals surface area contributed by atoms with E-state index in [0.717, 1.165) is 5.56 Å². The van der Waals surface area contributed by atoms with Crippen LogP contribution in [0, 0.1) is 0 Å². The molecule has 2 nitrogen and oxygen atoms in total. The standard InChI is InChI=1S/C12H19NO/c1-8(2)10-5-4-6-11(7-10)12(14)9(3)13/h4-9,12,14H,13H2,1-3H3/t9-,12-/m1/s1. The smallest absolute Gasteiger partial charge is 0.0938 e. The van der Waals surface area contributed by atoms with E-state index in [1.165, 1.54) is 5.56 Å². The van der Waals surface area contributed by atoms with Crippen LogP contribution in [0.5, 0.6) is 0 Å². The highest BCUT2D eigenvalue weighted by molar-refractivity contribution is 5.27. The highest BCUT2D eigenvalue weighted by Crippen LogP contribution is 2.21. The zero-order valence-corrected chi connectivity index (χ0v) is 9.07. The van der Waals surface area contributed by atoms with Crippen molar-refractivity contribution in [2.24, 2.45) is 5.73 Å². The molecule has 1 aromatic carbocycles. The van der Waals surface area contributed by atoms with Crippen molar-refractivity contribution >= 4 is 0 Å². The molecule has 0 aromatic heterocycles. The summed E-state index contributed by atoms with van der Waals surface area (Å²) in [6.07, 6.45) is -0.561. The van der Waals surface area contributed by atoms with Gasteiger partial charge in [0.1, 0.15) is 0 Å². The second-order valence-electron chi connectivity index (χ2n) is 4.13. The van der Waals surface area contributed by atoms with E-state index in [9.17, 15) is 5.11 Å². The third kappa shape index (κ3) is 2.56. The fourth-order valence-electron chi connectivity index (χ4n) is 1.41. The zero-order chi connectivity index (χ0) is 10.7. The number of benzene rings is 1. The summed E-state index contributed by atoms with van der Waals surface area (Å²) in [5, 5.41) is 9.78. The molecule has 0 aliphatic carbocycles. The predicted octanol–water partition coefficient (Wildman–Crippen LogP) is 2.19. The van der Waals surface area contributed by atoms with Crippen molar-refractivity contribution in [3.63, 3.8) is 0 Å². The monoisotopic (exact) mass is 193 g/mol. The van der Waals surface area contributed by atoms with Crippen molar-refractivity contribution in [2.45, 2.75) is 38.8 Å². The third-order valence-electron chi connectivity index (χ3n) is 2.42. The number of nitrogens with two attached hydrogens (primary N) is 1. The summed E-state index contributed by atoms with van der Waals surface area (Å²) in [5.74, 6) is 0.482. The predicted molar refractivity (Wildman–Crippen MR) is 59.1 cm³/mol. The van der Waals surface area contributed by atoms with Crippen LogP contribution in [0.15, 0.2) is 24.3 Å². The molecule has 2 heteroatoms. The highest BCUT2D eigenvalue weighted by atomic mass is 16.3. The Hall–Kier alpha value is -0.860. The lowest BCUT2D eigenvalue weighted by molar-refractivity contribution is 0.153. The summed E-state index contributed by atoms with van der Waals surface area (Å²) in [7, 11) is 0. The van der Waals surface area contributed by atoms with Crippen molar-refractivity contribution in [2.75, 3.05) is 0 Å². The van der Waals surface area contributed by atoms with Crippen molar-refractivity contribution < 1.29 is 5.11 Å². The average molecular weight is 193 g/mol. The molecule has 78 valence electrons. The summed E-state index contributed by atoms with van der Waals surface area (Å²) in [6, 6.07) is 7.76. The van der Waals surface area contributed by atoms with Gasteiger partial charge in [-0.05, 0) is 24.0 Å². The maximum Gasteiger partial charge on any atom is 0.0938 e. The van der Waals surface area contributed by atoms with Crippen molar-refractivity contribution in [1.29, 1.82) is 0 Å². The second-order valence-corrected chi connectivity index (χ2v) is 4.13. The van der Waals surface area contributed by atoms with Crippen LogP contribution in [0.3, 0.4) is 0 Å². The minimum absolute atomic E-state index is 0.225. The molecule has 3 N–H and O–H groups in total. The quantitative estimate of drug-likeness (QED) is 0.773. The number of aliphatic hydroxyl groups is 1. The first-order valence-corrected chi connectivity index (χ1v) is 5.06. The molecule has 0 amide bonds. The van der Waals surface area contributed by atoms with E-state index < -0.39 is 6.10 Å². The molecule has 0 bridgehead atoms. The number of aliphatic hydroxyl groups excluding tert-OH is 1. The fourth-order valence-corrected chi connectivity index (χ4v) is 1.41. The van der Waals surface area contributed by atoms with Crippen molar-refractivity contribution in [3.05, 3.63) is 35.4 Å². The van der Waals surface area contributed by atoms with Crippen LogP contribution in [0.25, 0.3) is 0 Å². The Balaban J connectivity index is 2.93. The van der Waals surface area contributed by atoms with E-state index >= 15 is 0 Å². The van der Waals surface area contributed by atoms with Crippen LogP contribution in [0.2, 0.25) is 0 Å². The first kappa shape index (κ1) is 11.2. The molecule has 0 aliphatic rings. The Morgan fingerprint density at radius 3 is 2.21 bits per heavy atom. The fraction of sp³-hybridized carbons (Fsp3) is 0.500. The molecule has 0 radical (unpaired) electrons. The average Bonchev–Trinajstić information content (AvgIpc) is 2.16. The van der Waals surface area contributed by atoms with Gasteiger partial charge in [0.25, 0.3) is 0 Å². The number of rotatable bonds is 3. The van der Waals surface area contributed by atoms with Gasteiger partial charge in [0.15, 0.2) is 0 Å². The summed E-state index contributed by atoms with van der Waals surface area (Å²) >= 11 is 0. The Morgan fingerprint density at radius 2 is 1.71 bits per heavy atom. The molecule has 0 saturated carbocycles. The highest BCUT2D eigenvalue weighted by Gasteiger charge is 2.12. The van der Waals surface area contributed by atoms with Gasteiger partial charge in [-0.2, -0.15) is 0 Å². The maximum atomic E-state index is 9.78. The van der Waals surface area contributed by atoms with Crippen LogP contribution < -0.4 is 5.73 Å². The minimum atomic E-state index is -0.561. The van der Waals surface area contributed by atoms with Crippen molar-refractivity contribution in [1.82, 2.24) is 0 Å². The molecular formula is C12H19NO. The second kappa shape index (κ2) is 4.58. The molecule has 2 atom stereocenters. The van der Waals surface area contributed by atoms with Gasteiger partial charge < -0.3 is 10.8 Å². The number of hydrogen-bond acceptors (Lipinski definition) is 2. The minimum Gasteiger partial charge on any atom is -0.387 e. The van der Waals surface area contributed by atoms with E-state index in [1.807, 2.05) is 25.1 Å². The van der Waals surface area contributed by atoms with Gasteiger partial charge in [0.05, 0.1) is 6.10 Å². The van der Waals surface area contributed by atoms with Gasteiger partial charge in [-0.15, -0.1) is 0 Å². The molecule has 0 aliphatic heterocycles. The van der Waals surface area contributed by atoms with Gasteiger partial charge in [-0.3, -0.25) is 0 Å². The summed E-state index contributed by atoms with van der Waals surface area (Å²) in [5.41, 5.74) is 7.79. The van der Waals surface area contributed by atoms with Crippen LogP contribution in [-0.4, -0.2) is 11.1 Å². The van der Waals surface area contributed by atoms with Crippen LogP contribution >= 0.6 is 0 Å². The van der Waals surface area contributed by atoms with E-state index in [0.29, 0.717) is 5.92 Å². The molecule has 0 unspecified atom stereocenters. The summed E-state index contributed by atoms with van der Waals surface area (Å²) in [6.45, 7) is 6.08. The third-order valence-corrected chi connectivity index (χ3v) is 2.42. The largest absolute Gasteiger partial charge is 0.387 e. The lowest BCUT2D eigenvalue weighted by Crippen LogP contribution is -2.24. The molecular weight excluding hydrogens is 174 g/mol. The van der Waals surface area contributed by atoms with E-state index in [2.05, 4.69) is 19.9 Å². The van der Waals surface area contributed by atoms with E-state index in [1.54, 1.807) is 0 Å². The topological polar surface area (TPSA) is 46.2 Å². The van der Waals surface area contributed by atoms with Gasteiger partial charge in [0, 0.05) is 6.04 Å². The van der Waals surface area contributed by atoms with Crippen LogP contribution in [0.4, 0.5) is 0 Å². The molecule has 0 spiro atoms. The summed E-state index contributed by atoms with van der Waals surface area (Å²) < 4.78 is 0. The molecule has 0 saturated heterocycles. The zero-order valence-electron chi connectivity index (χ0n) is 9.07. The van der Waals surface area contributed by atoms with Crippen LogP contribution in [-0.2, 0) is 0 Å². The van der Waals surface area contributed by atoms with Crippen molar-refractivity contribution in [3.8, 4) is 0 Å². The first-order chi connectivity index (χ1) is 6.52. The number of hydrogen-bond donors (Lipinski definition) is 2. The Labute approximate surface area is 85.8 Å². The van der Waals surface area contributed by atoms with Gasteiger partial charge >= 0.3 is 0 Å². The van der Waals surface area contributed by atoms with Gasteiger partial charge in [0.2, 0.25) is 0 Å². The lowest BCUT2D eigenvalue weighted by atomic mass is 9.97. The SMILES string of the molecule is CC(C)c1cccc([C@H](O)[C@@H](C)N)c1. The first-order valence-electron chi connectivity index (χ1n) is 5.06. The Bertz CT molecular complexity index is 294. The molecule has 0 fully saturated rings. The Morgan fingerprint density at radius 1 is 1.14 bits per heavy atom. The normalized spacial score (nSPS) is 15.6. The molecule has 1 aromatic rings. The Kier molecular flexibility index (Phi) is 3.67. The van der Waals surface area contributed by atoms with E-state index in [-0.39, 0.29) is 6.04 Å². The van der Waals surface area contributed by atoms with Gasteiger partial charge in [-0.1, -0.05) is 38.1 Å². The molecule has 1 rings (SSSR count). The van der Waals surface area contributed by atoms with Gasteiger partial charge in [-0.25, -0.2) is 0 Å². The van der Waals surface area contributed by atoms with E-state index in [4.69, 9.17) is 5.73 Å². The molecule has 0 heterocycles. The lowest BCUT2D eigenvalue weighted by Gasteiger charge is -2.16.